The van der Waals surface area contributed by atoms with Gasteiger partial charge in [0.2, 0.25) is 0 Å². The maximum atomic E-state index is 12.9. The highest BCUT2D eigenvalue weighted by Gasteiger charge is 2.30. The number of thiazole rings is 1. The number of hydrogen-bond acceptors (Lipinski definition) is 4. The molecular formula is C18H17F3N4OS. The number of nitrogens with zero attached hydrogens (tertiary/aromatic N) is 3. The third-order valence-electron chi connectivity index (χ3n) is 4.01. The molecule has 9 heteroatoms. The molecule has 0 fully saturated rings. The molecule has 1 N–H and O–H groups in total. The molecule has 2 aromatic heterocycles. The Bertz CT molecular complexity index is 962. The Morgan fingerprint density at radius 3 is 2.74 bits per heavy atom. The summed E-state index contributed by atoms with van der Waals surface area (Å²) >= 11 is 1.55. The Balaban J connectivity index is 1.72. The van der Waals surface area contributed by atoms with Gasteiger partial charge in [0, 0.05) is 18.3 Å². The Labute approximate surface area is 157 Å². The lowest BCUT2D eigenvalue weighted by Gasteiger charge is -2.10. The third-order valence-corrected chi connectivity index (χ3v) is 4.83. The van der Waals surface area contributed by atoms with Crippen molar-refractivity contribution in [2.45, 2.75) is 26.4 Å². The van der Waals surface area contributed by atoms with E-state index in [1.54, 1.807) is 18.3 Å². The molecule has 0 saturated heterocycles. The van der Waals surface area contributed by atoms with Gasteiger partial charge in [0.25, 0.3) is 5.91 Å². The smallest absolute Gasteiger partial charge is 0.352 e. The van der Waals surface area contributed by atoms with Gasteiger partial charge in [-0.15, -0.1) is 11.3 Å². The number of rotatable bonds is 5. The van der Waals surface area contributed by atoms with Gasteiger partial charge in [-0.1, -0.05) is 6.07 Å². The van der Waals surface area contributed by atoms with Crippen LogP contribution in [0.5, 0.6) is 0 Å². The van der Waals surface area contributed by atoms with E-state index < -0.39 is 11.7 Å². The number of halogens is 3. The van der Waals surface area contributed by atoms with Crippen molar-refractivity contribution in [3.8, 4) is 5.69 Å². The molecule has 1 aromatic carbocycles. The van der Waals surface area contributed by atoms with Crippen LogP contribution in [0.15, 0.2) is 35.8 Å². The Kier molecular flexibility index (Phi) is 5.31. The first-order chi connectivity index (χ1) is 12.8. The second-order valence-corrected chi connectivity index (χ2v) is 7.03. The molecular weight excluding hydrogens is 377 g/mol. The zero-order valence-corrected chi connectivity index (χ0v) is 15.5. The summed E-state index contributed by atoms with van der Waals surface area (Å²) in [5.41, 5.74) is 1.19. The number of carbonyl (C=O) groups is 1. The van der Waals surface area contributed by atoms with Crippen LogP contribution in [-0.2, 0) is 12.6 Å². The Hall–Kier alpha value is -2.68. The number of carbonyl (C=O) groups excluding carboxylic acids is 1. The minimum atomic E-state index is -4.44. The van der Waals surface area contributed by atoms with Crippen molar-refractivity contribution < 1.29 is 18.0 Å². The van der Waals surface area contributed by atoms with Gasteiger partial charge in [-0.3, -0.25) is 4.79 Å². The van der Waals surface area contributed by atoms with Crippen LogP contribution >= 0.6 is 11.3 Å². The molecule has 3 rings (SSSR count). The minimum absolute atomic E-state index is 0.249. The summed E-state index contributed by atoms with van der Waals surface area (Å²) < 4.78 is 40.0. The summed E-state index contributed by atoms with van der Waals surface area (Å²) in [5, 5.41) is 9.78. The fourth-order valence-electron chi connectivity index (χ4n) is 2.63. The lowest BCUT2D eigenvalue weighted by Crippen LogP contribution is -2.26. The van der Waals surface area contributed by atoms with Gasteiger partial charge < -0.3 is 5.32 Å². The summed E-state index contributed by atoms with van der Waals surface area (Å²) in [7, 11) is 0. The van der Waals surface area contributed by atoms with Gasteiger partial charge in [-0.2, -0.15) is 18.3 Å². The molecule has 0 saturated carbocycles. The second-order valence-electron chi connectivity index (χ2n) is 5.97. The predicted molar refractivity (Wildman–Crippen MR) is 96.2 cm³/mol. The summed E-state index contributed by atoms with van der Waals surface area (Å²) in [6.45, 7) is 3.97. The van der Waals surface area contributed by atoms with E-state index in [0.29, 0.717) is 24.2 Å². The van der Waals surface area contributed by atoms with Crippen molar-refractivity contribution in [1.29, 1.82) is 0 Å². The van der Waals surface area contributed by atoms with Crippen molar-refractivity contribution in [2.24, 2.45) is 0 Å². The van der Waals surface area contributed by atoms with Crippen LogP contribution in [0.4, 0.5) is 13.2 Å². The number of amides is 1. The molecule has 2 heterocycles. The molecule has 0 aliphatic carbocycles. The number of aryl methyl sites for hydroxylation is 1. The number of alkyl halides is 3. The lowest BCUT2D eigenvalue weighted by atomic mass is 10.2. The molecule has 5 nitrogen and oxygen atoms in total. The topological polar surface area (TPSA) is 59.8 Å². The van der Waals surface area contributed by atoms with E-state index >= 15 is 0 Å². The Morgan fingerprint density at radius 1 is 1.30 bits per heavy atom. The highest BCUT2D eigenvalue weighted by atomic mass is 32.1. The first-order valence-electron chi connectivity index (χ1n) is 8.17. The Morgan fingerprint density at radius 2 is 2.07 bits per heavy atom. The minimum Gasteiger partial charge on any atom is -0.352 e. The van der Waals surface area contributed by atoms with Gasteiger partial charge >= 0.3 is 6.18 Å². The maximum absolute atomic E-state index is 12.9. The molecule has 0 spiro atoms. The highest BCUT2D eigenvalue weighted by molar-refractivity contribution is 7.09. The highest BCUT2D eigenvalue weighted by Crippen LogP contribution is 2.30. The fraction of sp³-hybridized carbons (Fsp3) is 0.278. The van der Waals surface area contributed by atoms with Crippen LogP contribution < -0.4 is 5.32 Å². The van der Waals surface area contributed by atoms with Crippen LogP contribution in [0.25, 0.3) is 5.69 Å². The van der Waals surface area contributed by atoms with E-state index in [0.717, 1.165) is 22.8 Å². The van der Waals surface area contributed by atoms with Crippen molar-refractivity contribution >= 4 is 17.2 Å². The SMILES string of the molecule is Cc1nc(CCNC(=O)c2cnn(-c3cccc(C(F)(F)F)c3)c2C)cs1. The van der Waals surface area contributed by atoms with Crippen LogP contribution in [0.3, 0.4) is 0 Å². The predicted octanol–water partition coefficient (Wildman–Crippen LogP) is 3.94. The van der Waals surface area contributed by atoms with Crippen LogP contribution in [0.1, 0.15) is 32.3 Å². The van der Waals surface area contributed by atoms with Gasteiger partial charge in [-0.25, -0.2) is 9.67 Å². The van der Waals surface area contributed by atoms with Gasteiger partial charge in [-0.05, 0) is 32.0 Å². The molecule has 3 aromatic rings. The molecule has 27 heavy (non-hydrogen) atoms. The van der Waals surface area contributed by atoms with E-state index in [1.807, 2.05) is 12.3 Å². The number of nitrogens with one attached hydrogen (secondary N) is 1. The normalized spacial score (nSPS) is 11.6. The fourth-order valence-corrected chi connectivity index (χ4v) is 3.28. The zero-order chi connectivity index (χ0) is 19.6. The van der Waals surface area contributed by atoms with E-state index in [2.05, 4.69) is 15.4 Å². The number of benzene rings is 1. The summed E-state index contributed by atoms with van der Waals surface area (Å²) in [4.78, 5) is 16.7. The monoisotopic (exact) mass is 394 g/mol. The van der Waals surface area contributed by atoms with Gasteiger partial charge in [0.15, 0.2) is 0 Å². The summed E-state index contributed by atoms with van der Waals surface area (Å²) in [6.07, 6.45) is -2.47. The van der Waals surface area contributed by atoms with Crippen LogP contribution in [0, 0.1) is 13.8 Å². The molecule has 0 aliphatic rings. The van der Waals surface area contributed by atoms with E-state index in [9.17, 15) is 18.0 Å². The quantitative estimate of drug-likeness (QED) is 0.713. The standard InChI is InChI=1S/C18H17F3N4OS/c1-11-16(17(26)22-7-6-14-10-27-12(2)24-14)9-23-25(11)15-5-3-4-13(8-15)18(19,20)21/h3-5,8-10H,6-7H2,1-2H3,(H,22,26). The molecule has 0 unspecified atom stereocenters. The number of aromatic nitrogens is 3. The molecule has 1 amide bonds. The first-order valence-corrected chi connectivity index (χ1v) is 9.05. The summed E-state index contributed by atoms with van der Waals surface area (Å²) in [6, 6.07) is 4.83. The van der Waals surface area contributed by atoms with E-state index in [-0.39, 0.29) is 11.6 Å². The van der Waals surface area contributed by atoms with E-state index in [4.69, 9.17) is 0 Å². The van der Waals surface area contributed by atoms with Crippen molar-refractivity contribution in [1.82, 2.24) is 20.1 Å². The third kappa shape index (κ3) is 4.36. The van der Waals surface area contributed by atoms with Crippen LogP contribution in [0.2, 0.25) is 0 Å². The van der Waals surface area contributed by atoms with Crippen molar-refractivity contribution in [3.63, 3.8) is 0 Å². The van der Waals surface area contributed by atoms with Crippen molar-refractivity contribution in [3.05, 3.63) is 63.4 Å². The average molecular weight is 394 g/mol. The molecule has 0 radical (unpaired) electrons. The number of hydrogen-bond donors (Lipinski definition) is 1. The molecule has 0 aliphatic heterocycles. The maximum Gasteiger partial charge on any atom is 0.416 e. The lowest BCUT2D eigenvalue weighted by molar-refractivity contribution is -0.137. The van der Waals surface area contributed by atoms with Crippen LogP contribution in [-0.4, -0.2) is 27.2 Å². The summed E-state index contributed by atoms with van der Waals surface area (Å²) in [5.74, 6) is -0.322. The van der Waals surface area contributed by atoms with Gasteiger partial charge in [0.05, 0.1) is 39.4 Å². The first kappa shape index (κ1) is 19.1. The molecule has 0 atom stereocenters. The molecule has 142 valence electrons. The largest absolute Gasteiger partial charge is 0.416 e. The average Bonchev–Trinajstić information content (AvgIpc) is 3.20. The second kappa shape index (κ2) is 7.51. The van der Waals surface area contributed by atoms with E-state index in [1.165, 1.54) is 23.0 Å². The zero-order valence-electron chi connectivity index (χ0n) is 14.7. The molecule has 0 bridgehead atoms. The van der Waals surface area contributed by atoms with Crippen molar-refractivity contribution in [2.75, 3.05) is 6.54 Å². The van der Waals surface area contributed by atoms with Gasteiger partial charge in [0.1, 0.15) is 0 Å².